The lowest BCUT2D eigenvalue weighted by molar-refractivity contribution is -0.144. The third kappa shape index (κ3) is 9.27. The first-order valence-electron chi connectivity index (χ1n) is 11.4. The van der Waals surface area contributed by atoms with E-state index in [1.54, 1.807) is 37.4 Å². The van der Waals surface area contributed by atoms with Crippen LogP contribution in [0, 0.1) is 6.92 Å². The summed E-state index contributed by atoms with van der Waals surface area (Å²) in [5, 5.41) is 5.71. The quantitative estimate of drug-likeness (QED) is 0.518. The highest BCUT2D eigenvalue weighted by molar-refractivity contribution is 7.98. The van der Waals surface area contributed by atoms with Gasteiger partial charge in [0.05, 0.1) is 0 Å². The first-order valence-corrected chi connectivity index (χ1v) is 12.8. The van der Waals surface area contributed by atoms with Crippen LogP contribution in [0.3, 0.4) is 0 Å². The van der Waals surface area contributed by atoms with Crippen LogP contribution in [0.15, 0.2) is 24.3 Å². The Labute approximate surface area is 203 Å². The number of hydrogen-bond donors (Lipinski definition) is 2. The summed E-state index contributed by atoms with van der Waals surface area (Å²) in [4.78, 5) is 41.4. The Morgan fingerprint density at radius 2 is 1.67 bits per heavy atom. The fourth-order valence-electron chi connectivity index (χ4n) is 3.48. The summed E-state index contributed by atoms with van der Waals surface area (Å²) in [7, 11) is 0. The molecule has 7 nitrogen and oxygen atoms in total. The van der Waals surface area contributed by atoms with Gasteiger partial charge in [0.15, 0.2) is 0 Å². The molecule has 2 N–H and O–H groups in total. The molecule has 0 aliphatic rings. The largest absolute Gasteiger partial charge is 0.444 e. The molecule has 2 unspecified atom stereocenters. The zero-order valence-corrected chi connectivity index (χ0v) is 22.3. The maximum Gasteiger partial charge on any atom is 0.408 e. The van der Waals surface area contributed by atoms with E-state index in [-0.39, 0.29) is 23.9 Å². The van der Waals surface area contributed by atoms with Crippen molar-refractivity contribution in [2.45, 2.75) is 91.6 Å². The van der Waals surface area contributed by atoms with Crippen molar-refractivity contribution in [2.24, 2.45) is 0 Å². The highest BCUT2D eigenvalue weighted by atomic mass is 32.2. The van der Waals surface area contributed by atoms with Gasteiger partial charge in [0.1, 0.15) is 17.7 Å². The number of thioether (sulfide) groups is 1. The molecule has 3 amide bonds. The number of carbonyl (C=O) groups excluding carboxylic acids is 3. The minimum absolute atomic E-state index is 0.0830. The predicted octanol–water partition coefficient (Wildman–Crippen LogP) is 4.44. The van der Waals surface area contributed by atoms with Gasteiger partial charge in [-0.05, 0) is 84.9 Å². The molecule has 1 aromatic carbocycles. The minimum atomic E-state index is -0.821. The molecular weight excluding hydrogens is 438 g/mol. The molecule has 0 heterocycles. The summed E-state index contributed by atoms with van der Waals surface area (Å²) < 4.78 is 5.40. The number of rotatable bonds is 10. The van der Waals surface area contributed by atoms with E-state index in [0.717, 1.165) is 11.1 Å². The molecule has 0 aliphatic carbocycles. The van der Waals surface area contributed by atoms with Gasteiger partial charge in [0, 0.05) is 12.1 Å². The Morgan fingerprint density at radius 1 is 1.06 bits per heavy atom. The first-order chi connectivity index (χ1) is 15.3. The van der Waals surface area contributed by atoms with E-state index in [2.05, 4.69) is 10.6 Å². The Kier molecular flexibility index (Phi) is 11.2. The Balaban J connectivity index is 3.43. The molecule has 8 heteroatoms. The normalized spacial score (nSPS) is 13.4. The molecule has 0 bridgehead atoms. The van der Waals surface area contributed by atoms with Gasteiger partial charge in [-0.25, -0.2) is 4.79 Å². The number of hydrogen-bond acceptors (Lipinski definition) is 5. The van der Waals surface area contributed by atoms with Crippen LogP contribution in [0.2, 0.25) is 0 Å². The number of carbonyl (C=O) groups is 3. The summed E-state index contributed by atoms with van der Waals surface area (Å²) in [5.41, 5.74) is 0.995. The molecule has 186 valence electrons. The minimum Gasteiger partial charge on any atom is -0.444 e. The van der Waals surface area contributed by atoms with Crippen molar-refractivity contribution >= 4 is 29.7 Å². The first kappa shape index (κ1) is 28.8. The highest BCUT2D eigenvalue weighted by Gasteiger charge is 2.38. The van der Waals surface area contributed by atoms with Crippen LogP contribution >= 0.6 is 11.8 Å². The van der Waals surface area contributed by atoms with Gasteiger partial charge in [-0.1, -0.05) is 24.3 Å². The number of nitrogens with one attached hydrogen (secondary N) is 2. The zero-order valence-electron chi connectivity index (χ0n) is 21.5. The molecule has 0 aromatic heterocycles. The maximum absolute atomic E-state index is 13.9. The van der Waals surface area contributed by atoms with Crippen LogP contribution in [0.25, 0.3) is 0 Å². The molecule has 0 aliphatic heterocycles. The van der Waals surface area contributed by atoms with Gasteiger partial charge in [-0.15, -0.1) is 0 Å². The topological polar surface area (TPSA) is 87.7 Å². The van der Waals surface area contributed by atoms with E-state index >= 15 is 0 Å². The van der Waals surface area contributed by atoms with Crippen LogP contribution in [-0.2, 0) is 14.3 Å². The van der Waals surface area contributed by atoms with Gasteiger partial charge in [0.2, 0.25) is 11.8 Å². The van der Waals surface area contributed by atoms with Crippen molar-refractivity contribution in [3.8, 4) is 0 Å². The average Bonchev–Trinajstić information content (AvgIpc) is 2.67. The second kappa shape index (κ2) is 12.9. The van der Waals surface area contributed by atoms with Gasteiger partial charge in [-0.3, -0.25) is 9.59 Å². The molecule has 2 atom stereocenters. The third-order valence-corrected chi connectivity index (χ3v) is 5.49. The fourth-order valence-corrected chi connectivity index (χ4v) is 3.95. The van der Waals surface area contributed by atoms with E-state index in [0.29, 0.717) is 12.2 Å². The number of ether oxygens (including phenoxy) is 1. The van der Waals surface area contributed by atoms with Crippen molar-refractivity contribution in [3.63, 3.8) is 0 Å². The lowest BCUT2D eigenvalue weighted by Gasteiger charge is -2.38. The summed E-state index contributed by atoms with van der Waals surface area (Å²) >= 11 is 1.59. The van der Waals surface area contributed by atoms with Crippen LogP contribution in [0.1, 0.15) is 72.1 Å². The standard InChI is InChI=1S/C25H41N3O4S/c1-16(2)26-22(29)21(19-13-11-10-12-18(19)5)28(17(3)4)23(30)20(14-15-33-9)27-24(31)32-25(6,7)8/h10-13,16-17,20-21H,14-15H2,1-9H3,(H,26,29)(H,27,31). The van der Waals surface area contributed by atoms with E-state index in [9.17, 15) is 14.4 Å². The number of nitrogens with zero attached hydrogens (tertiary/aromatic N) is 1. The van der Waals surface area contributed by atoms with Crippen molar-refractivity contribution in [1.82, 2.24) is 15.5 Å². The van der Waals surface area contributed by atoms with Crippen LogP contribution < -0.4 is 10.6 Å². The molecule has 0 fully saturated rings. The summed E-state index contributed by atoms with van der Waals surface area (Å²) in [6.07, 6.45) is 1.72. The monoisotopic (exact) mass is 479 g/mol. The number of aryl methyl sites for hydroxylation is 1. The molecule has 0 radical (unpaired) electrons. The molecule has 0 saturated carbocycles. The average molecular weight is 480 g/mol. The van der Waals surface area contributed by atoms with Gasteiger partial charge < -0.3 is 20.3 Å². The zero-order chi connectivity index (χ0) is 25.3. The van der Waals surface area contributed by atoms with Crippen molar-refractivity contribution < 1.29 is 19.1 Å². The lowest BCUT2D eigenvalue weighted by Crippen LogP contribution is -2.55. The summed E-state index contributed by atoms with van der Waals surface area (Å²) in [5.74, 6) is 0.116. The smallest absolute Gasteiger partial charge is 0.408 e. The lowest BCUT2D eigenvalue weighted by atomic mass is 9.96. The number of alkyl carbamates (subject to hydrolysis) is 1. The molecule has 0 spiro atoms. The van der Waals surface area contributed by atoms with Crippen molar-refractivity contribution in [2.75, 3.05) is 12.0 Å². The Morgan fingerprint density at radius 3 is 2.15 bits per heavy atom. The molecule has 33 heavy (non-hydrogen) atoms. The second-order valence-electron chi connectivity index (χ2n) is 9.74. The molecule has 1 aromatic rings. The fraction of sp³-hybridized carbons (Fsp3) is 0.640. The van der Waals surface area contributed by atoms with E-state index in [4.69, 9.17) is 4.74 Å². The highest BCUT2D eigenvalue weighted by Crippen LogP contribution is 2.28. The number of benzene rings is 1. The van der Waals surface area contributed by atoms with Crippen LogP contribution in [0.5, 0.6) is 0 Å². The van der Waals surface area contributed by atoms with Gasteiger partial charge in [0.25, 0.3) is 0 Å². The Hall–Kier alpha value is -2.22. The predicted molar refractivity (Wildman–Crippen MR) is 135 cm³/mol. The molecule has 1 rings (SSSR count). The van der Waals surface area contributed by atoms with E-state index in [1.807, 2.05) is 65.1 Å². The van der Waals surface area contributed by atoms with Crippen molar-refractivity contribution in [1.29, 1.82) is 0 Å². The van der Waals surface area contributed by atoms with E-state index in [1.165, 1.54) is 0 Å². The van der Waals surface area contributed by atoms with Gasteiger partial charge in [-0.2, -0.15) is 11.8 Å². The number of amides is 3. The Bertz CT molecular complexity index is 805. The summed E-state index contributed by atoms with van der Waals surface area (Å²) in [6.45, 7) is 14.8. The van der Waals surface area contributed by atoms with Crippen molar-refractivity contribution in [3.05, 3.63) is 35.4 Å². The third-order valence-electron chi connectivity index (χ3n) is 4.85. The van der Waals surface area contributed by atoms with Crippen LogP contribution in [0.4, 0.5) is 4.79 Å². The van der Waals surface area contributed by atoms with Gasteiger partial charge >= 0.3 is 6.09 Å². The maximum atomic E-state index is 13.9. The SMILES string of the molecule is CSCCC(NC(=O)OC(C)(C)C)C(=O)N(C(C)C)C(C(=O)NC(C)C)c1ccccc1C. The molecule has 0 saturated heterocycles. The summed E-state index contributed by atoms with van der Waals surface area (Å²) in [6, 6.07) is 5.58. The van der Waals surface area contributed by atoms with E-state index < -0.39 is 23.8 Å². The second-order valence-corrected chi connectivity index (χ2v) is 10.7. The van der Waals surface area contributed by atoms with Crippen LogP contribution in [-0.4, -0.2) is 58.5 Å². The molecular formula is C25H41N3O4S.